The first-order valence-corrected chi connectivity index (χ1v) is 10.3. The summed E-state index contributed by atoms with van der Waals surface area (Å²) < 4.78 is 0. The molecule has 0 amide bonds. The van der Waals surface area contributed by atoms with Crippen LogP contribution in [0.15, 0.2) is 91.0 Å². The molecule has 0 radical (unpaired) electrons. The number of carbonyl (C=O) groups excluding carboxylic acids is 1. The van der Waals surface area contributed by atoms with E-state index >= 15 is 0 Å². The van der Waals surface area contributed by atoms with Crippen LogP contribution in [-0.4, -0.2) is 11.1 Å². The molecule has 3 rings (SSSR count). The number of hydrogen-bond donors (Lipinski definition) is 0. The minimum atomic E-state index is -0.647. The highest BCUT2D eigenvalue weighted by Gasteiger charge is 2.42. The second-order valence-corrected chi connectivity index (χ2v) is 7.62. The normalized spacial score (nSPS) is 11.3. The lowest BCUT2D eigenvalue weighted by molar-refractivity contribution is -0.116. The van der Waals surface area contributed by atoms with Gasteiger partial charge in [0.05, 0.1) is 5.41 Å². The van der Waals surface area contributed by atoms with E-state index in [1.165, 1.54) is 0 Å². The first kappa shape index (κ1) is 19.4. The van der Waals surface area contributed by atoms with E-state index in [9.17, 15) is 4.79 Å². The number of Topliss-reactive ketones (excluding diaryl/α,β-unsaturated/α-hetero) is 1. The number of rotatable bonds is 8. The van der Waals surface area contributed by atoms with Crippen molar-refractivity contribution in [2.24, 2.45) is 0 Å². The van der Waals surface area contributed by atoms with Gasteiger partial charge in [-0.15, -0.1) is 8.86 Å². The molecule has 138 valence electrons. The number of benzene rings is 3. The highest BCUT2D eigenvalue weighted by atomic mass is 31.0. The highest BCUT2D eigenvalue weighted by Crippen LogP contribution is 2.39. The first-order valence-electron chi connectivity index (χ1n) is 9.60. The molecular weight excluding hydrogens is 347 g/mol. The predicted molar refractivity (Wildman–Crippen MR) is 120 cm³/mol. The molecule has 0 aliphatic rings. The quantitative estimate of drug-likeness (QED) is 0.472. The molecule has 0 saturated heterocycles. The molecule has 0 aliphatic heterocycles. The highest BCUT2D eigenvalue weighted by molar-refractivity contribution is 7.27. The SMILES string of the molecule is CCCCC(C(=O)C(=[PH3])c1ccccc1)(c1ccccc1)c1ccccc1. The zero-order valence-electron chi connectivity index (χ0n) is 15.9. The second-order valence-electron chi connectivity index (χ2n) is 6.91. The minimum Gasteiger partial charge on any atom is -0.293 e. The molecule has 0 bridgehead atoms. The molecular formula is C25H27OP. The van der Waals surface area contributed by atoms with E-state index in [2.05, 4.69) is 31.2 Å². The number of hydrogen-bond acceptors (Lipinski definition) is 1. The van der Waals surface area contributed by atoms with E-state index in [-0.39, 0.29) is 5.78 Å². The van der Waals surface area contributed by atoms with Crippen LogP contribution in [0.5, 0.6) is 0 Å². The fourth-order valence-electron chi connectivity index (χ4n) is 3.75. The number of unbranched alkanes of at least 4 members (excludes halogenated alkanes) is 1. The van der Waals surface area contributed by atoms with Crippen molar-refractivity contribution >= 4 is 19.9 Å². The zero-order valence-corrected chi connectivity index (χ0v) is 17.3. The van der Waals surface area contributed by atoms with Crippen molar-refractivity contribution < 1.29 is 4.79 Å². The van der Waals surface area contributed by atoms with Gasteiger partial charge in [-0.2, -0.15) is 0 Å². The Labute approximate surface area is 164 Å². The van der Waals surface area contributed by atoms with Crippen LogP contribution >= 0.6 is 8.86 Å². The average molecular weight is 374 g/mol. The Kier molecular flexibility index (Phi) is 6.48. The van der Waals surface area contributed by atoms with Crippen LogP contribution in [0, 0.1) is 0 Å². The van der Waals surface area contributed by atoms with Crippen molar-refractivity contribution in [1.82, 2.24) is 0 Å². The standard InChI is InChI=1S/C25H27OP/c1-2-3-19-25(21-15-9-5-10-16-21,22-17-11-6-12-18-22)24(26)23(27)20-13-7-4-8-14-20/h4-18H,2-3,19H2,1,27H3. The zero-order chi connectivity index (χ0) is 19.1. The van der Waals surface area contributed by atoms with E-state index < -0.39 is 5.41 Å². The van der Waals surface area contributed by atoms with E-state index in [4.69, 9.17) is 0 Å². The van der Waals surface area contributed by atoms with E-state index in [1.807, 2.05) is 66.7 Å². The Morgan fingerprint density at radius 2 is 1.22 bits per heavy atom. The maximum absolute atomic E-state index is 14.0. The summed E-state index contributed by atoms with van der Waals surface area (Å²) >= 11 is 0. The fraction of sp³-hybridized carbons (Fsp3) is 0.200. The average Bonchev–Trinajstić information content (AvgIpc) is 2.75. The molecule has 0 fully saturated rings. The lowest BCUT2D eigenvalue weighted by Crippen LogP contribution is -2.41. The summed E-state index contributed by atoms with van der Waals surface area (Å²) in [6, 6.07) is 30.6. The van der Waals surface area contributed by atoms with Crippen LogP contribution in [0.2, 0.25) is 0 Å². The van der Waals surface area contributed by atoms with E-state index in [1.54, 1.807) is 8.86 Å². The molecule has 0 N–H and O–H groups in total. The van der Waals surface area contributed by atoms with Crippen molar-refractivity contribution in [1.29, 1.82) is 0 Å². The fourth-order valence-corrected chi connectivity index (χ4v) is 4.28. The van der Waals surface area contributed by atoms with Crippen molar-refractivity contribution in [3.05, 3.63) is 108 Å². The third-order valence-electron chi connectivity index (χ3n) is 5.22. The Bertz CT molecular complexity index is 846. The van der Waals surface area contributed by atoms with Gasteiger partial charge in [-0.05, 0) is 23.1 Å². The minimum absolute atomic E-state index is 0.206. The molecule has 3 aromatic carbocycles. The van der Waals surface area contributed by atoms with Crippen LogP contribution < -0.4 is 0 Å². The number of ketones is 1. The summed E-state index contributed by atoms with van der Waals surface area (Å²) in [6.45, 7) is 2.18. The Balaban J connectivity index is 2.19. The predicted octanol–water partition coefficient (Wildman–Crippen LogP) is 5.56. The second kappa shape index (κ2) is 9.02. The van der Waals surface area contributed by atoms with Gasteiger partial charge in [-0.25, -0.2) is 0 Å². The Hall–Kier alpha value is -2.37. The third-order valence-corrected chi connectivity index (χ3v) is 5.95. The van der Waals surface area contributed by atoms with Gasteiger partial charge in [0.25, 0.3) is 0 Å². The van der Waals surface area contributed by atoms with Gasteiger partial charge in [0.1, 0.15) is 0 Å². The van der Waals surface area contributed by atoms with Crippen LogP contribution in [-0.2, 0) is 10.2 Å². The monoisotopic (exact) mass is 374 g/mol. The van der Waals surface area contributed by atoms with Gasteiger partial charge in [-0.1, -0.05) is 111 Å². The van der Waals surface area contributed by atoms with Crippen LogP contribution in [0.1, 0.15) is 42.9 Å². The maximum Gasteiger partial charge on any atom is 0.177 e. The van der Waals surface area contributed by atoms with Crippen molar-refractivity contribution in [2.75, 3.05) is 0 Å². The molecule has 0 aromatic heterocycles. The molecule has 1 unspecified atom stereocenters. The smallest absolute Gasteiger partial charge is 0.177 e. The van der Waals surface area contributed by atoms with Crippen LogP contribution in [0.3, 0.4) is 0 Å². The summed E-state index contributed by atoms with van der Waals surface area (Å²) in [5.41, 5.74) is 2.52. The largest absolute Gasteiger partial charge is 0.293 e. The molecule has 27 heavy (non-hydrogen) atoms. The van der Waals surface area contributed by atoms with Gasteiger partial charge in [0.2, 0.25) is 0 Å². The van der Waals surface area contributed by atoms with E-state index in [0.29, 0.717) is 0 Å². The summed E-state index contributed by atoms with van der Waals surface area (Å²) in [5.74, 6) is 0.206. The molecule has 1 nitrogen and oxygen atoms in total. The molecule has 0 aliphatic carbocycles. The van der Waals surface area contributed by atoms with Gasteiger partial charge >= 0.3 is 0 Å². The molecule has 2 heteroatoms. The molecule has 0 saturated carbocycles. The van der Waals surface area contributed by atoms with Crippen molar-refractivity contribution in [3.63, 3.8) is 0 Å². The molecule has 0 spiro atoms. The molecule has 0 heterocycles. The summed E-state index contributed by atoms with van der Waals surface area (Å²) in [6.07, 6.45) is 2.87. The lowest BCUT2D eigenvalue weighted by Gasteiger charge is -2.34. The number of carbonyl (C=O) groups is 1. The maximum atomic E-state index is 14.0. The lowest BCUT2D eigenvalue weighted by atomic mass is 9.67. The summed E-state index contributed by atoms with van der Waals surface area (Å²) in [7, 11) is 1.71. The summed E-state index contributed by atoms with van der Waals surface area (Å²) in [5, 5.41) is 0.847. The Morgan fingerprint density at radius 1 is 0.778 bits per heavy atom. The summed E-state index contributed by atoms with van der Waals surface area (Å²) in [4.78, 5) is 14.0. The van der Waals surface area contributed by atoms with Crippen LogP contribution in [0.4, 0.5) is 0 Å². The molecule has 1 atom stereocenters. The van der Waals surface area contributed by atoms with Crippen LogP contribution in [0.25, 0.3) is 0 Å². The van der Waals surface area contributed by atoms with Gasteiger partial charge in [0, 0.05) is 5.29 Å². The van der Waals surface area contributed by atoms with Crippen molar-refractivity contribution in [3.8, 4) is 0 Å². The van der Waals surface area contributed by atoms with E-state index in [0.717, 1.165) is 41.2 Å². The third kappa shape index (κ3) is 3.99. The van der Waals surface area contributed by atoms with Gasteiger partial charge in [-0.3, -0.25) is 4.79 Å². The molecule has 3 aromatic rings. The van der Waals surface area contributed by atoms with Gasteiger partial charge < -0.3 is 0 Å². The van der Waals surface area contributed by atoms with Crippen molar-refractivity contribution in [2.45, 2.75) is 31.6 Å². The Morgan fingerprint density at radius 3 is 1.67 bits per heavy atom. The van der Waals surface area contributed by atoms with Gasteiger partial charge in [0.15, 0.2) is 5.78 Å². The topological polar surface area (TPSA) is 17.1 Å². The first-order chi connectivity index (χ1) is 13.2.